The standard InChI is InChI=1S/C15H27NO2S/c1-14(2,3)11-9-19-12(16-11)8-10(17)13(18-7)15(4,5)6/h9-10,13,17H,8H2,1-7H3. The van der Waals surface area contributed by atoms with E-state index in [2.05, 4.69) is 51.9 Å². The lowest BCUT2D eigenvalue weighted by Gasteiger charge is -2.32. The lowest BCUT2D eigenvalue weighted by atomic mass is 9.84. The van der Waals surface area contributed by atoms with Gasteiger partial charge < -0.3 is 9.84 Å². The van der Waals surface area contributed by atoms with E-state index >= 15 is 0 Å². The first kappa shape index (κ1) is 16.6. The summed E-state index contributed by atoms with van der Waals surface area (Å²) in [5.74, 6) is 0. The van der Waals surface area contributed by atoms with E-state index in [1.807, 2.05) is 0 Å². The van der Waals surface area contributed by atoms with Crippen LogP contribution < -0.4 is 0 Å². The zero-order chi connectivity index (χ0) is 14.8. The molecule has 1 N–H and O–H groups in total. The lowest BCUT2D eigenvalue weighted by Crippen LogP contribution is -2.40. The third-order valence-electron chi connectivity index (χ3n) is 3.16. The zero-order valence-corrected chi connectivity index (χ0v) is 14.0. The molecule has 0 amide bonds. The fourth-order valence-corrected chi connectivity index (χ4v) is 3.19. The van der Waals surface area contributed by atoms with Crippen molar-refractivity contribution in [2.75, 3.05) is 7.11 Å². The van der Waals surface area contributed by atoms with Crippen LogP contribution >= 0.6 is 11.3 Å². The number of aromatic nitrogens is 1. The molecule has 1 rings (SSSR count). The smallest absolute Gasteiger partial charge is 0.0955 e. The fraction of sp³-hybridized carbons (Fsp3) is 0.800. The molecule has 2 atom stereocenters. The van der Waals surface area contributed by atoms with E-state index in [0.29, 0.717) is 6.42 Å². The molecule has 0 spiro atoms. The Morgan fingerprint density at radius 3 is 2.21 bits per heavy atom. The number of ether oxygens (including phenoxy) is 1. The van der Waals surface area contributed by atoms with Gasteiger partial charge in [0.25, 0.3) is 0 Å². The Hall–Kier alpha value is -0.450. The third-order valence-corrected chi connectivity index (χ3v) is 4.03. The number of aliphatic hydroxyl groups excluding tert-OH is 1. The highest BCUT2D eigenvalue weighted by atomic mass is 32.1. The van der Waals surface area contributed by atoms with Crippen molar-refractivity contribution < 1.29 is 9.84 Å². The molecular weight excluding hydrogens is 258 g/mol. The van der Waals surface area contributed by atoms with Gasteiger partial charge in [-0.1, -0.05) is 41.5 Å². The minimum atomic E-state index is -0.524. The molecule has 0 fully saturated rings. The van der Waals surface area contributed by atoms with Crippen molar-refractivity contribution in [1.29, 1.82) is 0 Å². The van der Waals surface area contributed by atoms with Crippen LogP contribution in [0.25, 0.3) is 0 Å². The molecule has 0 saturated heterocycles. The monoisotopic (exact) mass is 285 g/mol. The highest BCUT2D eigenvalue weighted by molar-refractivity contribution is 7.09. The first-order valence-corrected chi connectivity index (χ1v) is 7.59. The Morgan fingerprint density at radius 1 is 1.26 bits per heavy atom. The van der Waals surface area contributed by atoms with Crippen molar-refractivity contribution in [3.8, 4) is 0 Å². The summed E-state index contributed by atoms with van der Waals surface area (Å²) < 4.78 is 5.45. The van der Waals surface area contributed by atoms with E-state index in [1.54, 1.807) is 18.4 Å². The molecule has 0 aromatic carbocycles. The van der Waals surface area contributed by atoms with E-state index in [1.165, 1.54) is 0 Å². The van der Waals surface area contributed by atoms with Crippen LogP contribution in [0.4, 0.5) is 0 Å². The molecule has 1 aromatic heterocycles. The van der Waals surface area contributed by atoms with Crippen LogP contribution in [-0.4, -0.2) is 29.4 Å². The maximum Gasteiger partial charge on any atom is 0.0955 e. The summed E-state index contributed by atoms with van der Waals surface area (Å²) in [6, 6.07) is 0. The molecule has 0 bridgehead atoms. The van der Waals surface area contributed by atoms with Crippen LogP contribution in [0.1, 0.15) is 52.2 Å². The molecular formula is C15H27NO2S. The van der Waals surface area contributed by atoms with Crippen LogP contribution in [0.3, 0.4) is 0 Å². The summed E-state index contributed by atoms with van der Waals surface area (Å²) in [6.45, 7) is 12.7. The van der Waals surface area contributed by atoms with Crippen LogP contribution in [0, 0.1) is 5.41 Å². The summed E-state index contributed by atoms with van der Waals surface area (Å²) in [6.07, 6.45) is -0.158. The van der Waals surface area contributed by atoms with Gasteiger partial charge in [0, 0.05) is 24.3 Å². The van der Waals surface area contributed by atoms with Crippen molar-refractivity contribution >= 4 is 11.3 Å². The van der Waals surface area contributed by atoms with Gasteiger partial charge in [-0.3, -0.25) is 0 Å². The summed E-state index contributed by atoms with van der Waals surface area (Å²) >= 11 is 1.62. The first-order valence-electron chi connectivity index (χ1n) is 6.71. The van der Waals surface area contributed by atoms with Crippen LogP contribution in [0.15, 0.2) is 5.38 Å². The van der Waals surface area contributed by atoms with E-state index in [0.717, 1.165) is 10.7 Å². The number of hydrogen-bond acceptors (Lipinski definition) is 4. The Kier molecular flexibility index (Phi) is 5.15. The van der Waals surface area contributed by atoms with E-state index in [-0.39, 0.29) is 16.9 Å². The van der Waals surface area contributed by atoms with Gasteiger partial charge in [0.05, 0.1) is 22.9 Å². The molecule has 0 aliphatic heterocycles. The lowest BCUT2D eigenvalue weighted by molar-refractivity contribution is -0.0699. The average Bonchev–Trinajstić information content (AvgIpc) is 2.63. The maximum atomic E-state index is 10.4. The first-order chi connectivity index (χ1) is 8.55. The summed E-state index contributed by atoms with van der Waals surface area (Å²) in [5, 5.41) is 13.4. The number of methoxy groups -OCH3 is 1. The van der Waals surface area contributed by atoms with Crippen LogP contribution in [0.5, 0.6) is 0 Å². The SMILES string of the molecule is COC(C(O)Cc1nc(C(C)(C)C)cs1)C(C)(C)C. The second-order valence-electron chi connectivity index (χ2n) is 7.17. The van der Waals surface area contributed by atoms with Gasteiger partial charge in [-0.25, -0.2) is 4.98 Å². The van der Waals surface area contributed by atoms with Gasteiger partial charge in [0.2, 0.25) is 0 Å². The molecule has 3 nitrogen and oxygen atoms in total. The predicted molar refractivity (Wildman–Crippen MR) is 80.8 cm³/mol. The molecule has 19 heavy (non-hydrogen) atoms. The van der Waals surface area contributed by atoms with Crippen molar-refractivity contribution in [1.82, 2.24) is 4.98 Å². The summed E-state index contributed by atoms with van der Waals surface area (Å²) in [7, 11) is 1.65. The molecule has 110 valence electrons. The third kappa shape index (κ3) is 4.55. The van der Waals surface area contributed by atoms with E-state index < -0.39 is 6.10 Å². The second-order valence-corrected chi connectivity index (χ2v) is 8.11. The topological polar surface area (TPSA) is 42.4 Å². The summed E-state index contributed by atoms with van der Waals surface area (Å²) in [4.78, 5) is 4.62. The Morgan fingerprint density at radius 2 is 1.84 bits per heavy atom. The van der Waals surface area contributed by atoms with Crippen molar-refractivity contribution in [2.24, 2.45) is 5.41 Å². The van der Waals surface area contributed by atoms with Crippen LogP contribution in [0.2, 0.25) is 0 Å². The minimum absolute atomic E-state index is 0.0599. The number of rotatable bonds is 4. The second kappa shape index (κ2) is 5.90. The maximum absolute atomic E-state index is 10.4. The predicted octanol–water partition coefficient (Wildman–Crippen LogP) is 3.41. The van der Waals surface area contributed by atoms with Gasteiger partial charge >= 0.3 is 0 Å². The van der Waals surface area contributed by atoms with Crippen LogP contribution in [-0.2, 0) is 16.6 Å². The number of nitrogens with zero attached hydrogens (tertiary/aromatic N) is 1. The number of thiazole rings is 1. The molecule has 0 aliphatic carbocycles. The van der Waals surface area contributed by atoms with Gasteiger partial charge in [-0.05, 0) is 5.41 Å². The van der Waals surface area contributed by atoms with Gasteiger partial charge in [0.15, 0.2) is 0 Å². The molecule has 2 unspecified atom stereocenters. The molecule has 0 saturated carbocycles. The van der Waals surface area contributed by atoms with E-state index in [9.17, 15) is 5.11 Å². The quantitative estimate of drug-likeness (QED) is 0.922. The van der Waals surface area contributed by atoms with E-state index in [4.69, 9.17) is 4.74 Å². The average molecular weight is 285 g/mol. The van der Waals surface area contributed by atoms with Gasteiger partial charge in [0.1, 0.15) is 0 Å². The highest BCUT2D eigenvalue weighted by Gasteiger charge is 2.32. The Labute approximate surface area is 121 Å². The zero-order valence-electron chi connectivity index (χ0n) is 13.2. The van der Waals surface area contributed by atoms with Crippen molar-refractivity contribution in [3.05, 3.63) is 16.1 Å². The fourth-order valence-electron chi connectivity index (χ4n) is 2.12. The largest absolute Gasteiger partial charge is 0.390 e. The Balaban J connectivity index is 2.77. The molecule has 0 aliphatic rings. The highest BCUT2D eigenvalue weighted by Crippen LogP contribution is 2.28. The van der Waals surface area contributed by atoms with Crippen molar-refractivity contribution in [3.63, 3.8) is 0 Å². The molecule has 0 radical (unpaired) electrons. The number of aliphatic hydroxyl groups is 1. The molecule has 1 heterocycles. The number of hydrogen-bond donors (Lipinski definition) is 1. The normalized spacial score (nSPS) is 16.4. The summed E-state index contributed by atoms with van der Waals surface area (Å²) in [5.41, 5.74) is 1.06. The Bertz CT molecular complexity index is 401. The molecule has 1 aromatic rings. The minimum Gasteiger partial charge on any atom is -0.390 e. The van der Waals surface area contributed by atoms with Gasteiger partial charge in [-0.15, -0.1) is 11.3 Å². The van der Waals surface area contributed by atoms with Gasteiger partial charge in [-0.2, -0.15) is 0 Å². The van der Waals surface area contributed by atoms with Crippen molar-refractivity contribution in [2.45, 2.75) is 65.6 Å². The molecule has 4 heteroatoms.